The highest BCUT2D eigenvalue weighted by atomic mass is 19.1. The Labute approximate surface area is 89.6 Å². The van der Waals surface area contributed by atoms with Gasteiger partial charge in [-0.3, -0.25) is 10.1 Å². The van der Waals surface area contributed by atoms with E-state index >= 15 is 0 Å². The number of nitrogens with zero attached hydrogens (tertiary/aromatic N) is 1. The van der Waals surface area contributed by atoms with Gasteiger partial charge in [0.05, 0.1) is 16.5 Å². The van der Waals surface area contributed by atoms with Gasteiger partial charge in [0.15, 0.2) is 0 Å². The van der Waals surface area contributed by atoms with Gasteiger partial charge in [-0.25, -0.2) is 9.18 Å². The molecule has 0 spiro atoms. The number of halogens is 1. The van der Waals surface area contributed by atoms with Crippen molar-refractivity contribution in [3.05, 3.63) is 39.7 Å². The van der Waals surface area contributed by atoms with E-state index < -0.39 is 22.8 Å². The molecule has 1 aromatic carbocycles. The number of nitro groups is 1. The molecule has 84 valence electrons. The van der Waals surface area contributed by atoms with Crippen LogP contribution in [0.5, 0.6) is 0 Å². The molecule has 16 heavy (non-hydrogen) atoms. The van der Waals surface area contributed by atoms with E-state index in [1.807, 2.05) is 0 Å². The van der Waals surface area contributed by atoms with Gasteiger partial charge in [-0.2, -0.15) is 0 Å². The summed E-state index contributed by atoms with van der Waals surface area (Å²) in [6, 6.07) is 2.20. The lowest BCUT2D eigenvalue weighted by molar-refractivity contribution is -0.385. The lowest BCUT2D eigenvalue weighted by Gasteiger charge is -2.09. The van der Waals surface area contributed by atoms with Crippen molar-refractivity contribution in [2.45, 2.75) is 6.04 Å². The number of carbonyl (C=O) groups excluding carboxylic acids is 1. The van der Waals surface area contributed by atoms with Crippen LogP contribution in [-0.2, 0) is 0 Å². The van der Waals surface area contributed by atoms with Crippen molar-refractivity contribution in [3.8, 4) is 0 Å². The zero-order valence-electron chi connectivity index (χ0n) is 8.07. The van der Waals surface area contributed by atoms with Crippen molar-refractivity contribution in [1.29, 1.82) is 0 Å². The third kappa shape index (κ3) is 1.79. The van der Waals surface area contributed by atoms with Crippen molar-refractivity contribution in [2.24, 2.45) is 0 Å². The van der Waals surface area contributed by atoms with E-state index in [-0.39, 0.29) is 17.8 Å². The van der Waals surface area contributed by atoms with Crippen LogP contribution in [0.4, 0.5) is 14.9 Å². The Morgan fingerprint density at radius 2 is 2.25 bits per heavy atom. The fourth-order valence-electron chi connectivity index (χ4n) is 1.61. The van der Waals surface area contributed by atoms with Gasteiger partial charge in [-0.05, 0) is 12.1 Å². The molecule has 0 bridgehead atoms. The first-order chi connectivity index (χ1) is 7.58. The topological polar surface area (TPSA) is 84.3 Å². The second-order valence-electron chi connectivity index (χ2n) is 3.37. The molecule has 1 aliphatic rings. The summed E-state index contributed by atoms with van der Waals surface area (Å²) < 4.78 is 13.0. The standard InChI is InChI=1S/C9H8FN3O3/c10-5-1-2-8(13(15)16)6(3-5)7-4-11-9(14)12-7/h1-3,7H,4H2,(H2,11,12,14)/t7-/m0/s1. The first kappa shape index (κ1) is 10.3. The van der Waals surface area contributed by atoms with Crippen molar-refractivity contribution in [2.75, 3.05) is 6.54 Å². The van der Waals surface area contributed by atoms with Crippen LogP contribution in [0, 0.1) is 15.9 Å². The molecule has 2 rings (SSSR count). The Morgan fingerprint density at radius 1 is 1.50 bits per heavy atom. The summed E-state index contributed by atoms with van der Waals surface area (Å²) in [4.78, 5) is 21.0. The van der Waals surface area contributed by atoms with Gasteiger partial charge >= 0.3 is 6.03 Å². The van der Waals surface area contributed by atoms with Gasteiger partial charge in [0.2, 0.25) is 0 Å². The number of nitro benzene ring substituents is 1. The summed E-state index contributed by atoms with van der Waals surface area (Å²) in [5, 5.41) is 15.7. The molecule has 1 saturated heterocycles. The van der Waals surface area contributed by atoms with Crippen LogP contribution in [0.25, 0.3) is 0 Å². The second-order valence-corrected chi connectivity index (χ2v) is 3.37. The molecular formula is C9H8FN3O3. The molecule has 0 aromatic heterocycles. The molecule has 0 radical (unpaired) electrons. The van der Waals surface area contributed by atoms with Gasteiger partial charge < -0.3 is 10.6 Å². The zero-order valence-corrected chi connectivity index (χ0v) is 8.07. The third-order valence-corrected chi connectivity index (χ3v) is 2.33. The smallest absolute Gasteiger partial charge is 0.315 e. The van der Waals surface area contributed by atoms with E-state index in [0.717, 1.165) is 18.2 Å². The number of hydrogen-bond donors (Lipinski definition) is 2. The van der Waals surface area contributed by atoms with Crippen molar-refractivity contribution in [1.82, 2.24) is 10.6 Å². The van der Waals surface area contributed by atoms with E-state index in [0.29, 0.717) is 0 Å². The molecule has 6 nitrogen and oxygen atoms in total. The predicted molar refractivity (Wildman–Crippen MR) is 52.3 cm³/mol. The molecule has 1 aliphatic heterocycles. The van der Waals surface area contributed by atoms with E-state index in [1.54, 1.807) is 0 Å². The number of nitrogens with one attached hydrogen (secondary N) is 2. The Morgan fingerprint density at radius 3 is 2.81 bits per heavy atom. The summed E-state index contributed by atoms with van der Waals surface area (Å²) in [5.41, 5.74) is -0.0289. The molecule has 0 saturated carbocycles. The first-order valence-corrected chi connectivity index (χ1v) is 4.56. The third-order valence-electron chi connectivity index (χ3n) is 2.33. The average molecular weight is 225 g/mol. The van der Waals surface area contributed by atoms with Crippen molar-refractivity contribution < 1.29 is 14.1 Å². The fraction of sp³-hybridized carbons (Fsp3) is 0.222. The number of amides is 2. The Bertz CT molecular complexity index is 463. The highest BCUT2D eigenvalue weighted by Gasteiger charge is 2.28. The highest BCUT2D eigenvalue weighted by molar-refractivity contribution is 5.77. The SMILES string of the molecule is O=C1NC[C@@H](c2cc(F)ccc2[N+](=O)[O-])N1. The van der Waals surface area contributed by atoms with Crippen LogP contribution in [0.15, 0.2) is 18.2 Å². The van der Waals surface area contributed by atoms with Crippen molar-refractivity contribution >= 4 is 11.7 Å². The molecule has 0 unspecified atom stereocenters. The van der Waals surface area contributed by atoms with Gasteiger partial charge in [0.25, 0.3) is 5.69 Å². The van der Waals surface area contributed by atoms with Crippen LogP contribution in [0.3, 0.4) is 0 Å². The van der Waals surface area contributed by atoms with E-state index in [2.05, 4.69) is 10.6 Å². The molecule has 7 heteroatoms. The molecule has 1 heterocycles. The minimum atomic E-state index is -0.598. The molecule has 1 aromatic rings. The molecule has 2 N–H and O–H groups in total. The number of benzene rings is 1. The maximum absolute atomic E-state index is 13.0. The van der Waals surface area contributed by atoms with Crippen LogP contribution >= 0.6 is 0 Å². The largest absolute Gasteiger partial charge is 0.336 e. The maximum Gasteiger partial charge on any atom is 0.315 e. The fourth-order valence-corrected chi connectivity index (χ4v) is 1.61. The summed E-state index contributed by atoms with van der Waals surface area (Å²) in [5.74, 6) is -0.568. The minimum Gasteiger partial charge on any atom is -0.336 e. The molecule has 0 aliphatic carbocycles. The lowest BCUT2D eigenvalue weighted by atomic mass is 10.1. The van der Waals surface area contributed by atoms with E-state index in [1.165, 1.54) is 0 Å². The van der Waals surface area contributed by atoms with Gasteiger partial charge in [0.1, 0.15) is 5.82 Å². The summed E-state index contributed by atoms with van der Waals surface area (Å²) in [6.07, 6.45) is 0. The quantitative estimate of drug-likeness (QED) is 0.583. The average Bonchev–Trinajstić information content (AvgIpc) is 2.64. The summed E-state index contributed by atoms with van der Waals surface area (Å²) in [6.45, 7) is 0.211. The van der Waals surface area contributed by atoms with Gasteiger partial charge in [0, 0.05) is 12.6 Å². The number of urea groups is 1. The van der Waals surface area contributed by atoms with Crippen LogP contribution in [0.1, 0.15) is 11.6 Å². The maximum atomic E-state index is 13.0. The van der Waals surface area contributed by atoms with Gasteiger partial charge in [-0.15, -0.1) is 0 Å². The van der Waals surface area contributed by atoms with Crippen LogP contribution < -0.4 is 10.6 Å². The van der Waals surface area contributed by atoms with Crippen LogP contribution in [-0.4, -0.2) is 17.5 Å². The Hall–Kier alpha value is -2.18. The number of carbonyl (C=O) groups is 1. The van der Waals surface area contributed by atoms with Gasteiger partial charge in [-0.1, -0.05) is 0 Å². The van der Waals surface area contributed by atoms with Crippen molar-refractivity contribution in [3.63, 3.8) is 0 Å². The Balaban J connectivity index is 2.41. The Kier molecular flexibility index (Phi) is 2.43. The molecule has 1 atom stereocenters. The van der Waals surface area contributed by atoms with Crippen LogP contribution in [0.2, 0.25) is 0 Å². The molecule has 2 amide bonds. The zero-order chi connectivity index (χ0) is 11.7. The molecular weight excluding hydrogens is 217 g/mol. The monoisotopic (exact) mass is 225 g/mol. The minimum absolute atomic E-state index is 0.170. The number of rotatable bonds is 2. The van der Waals surface area contributed by atoms with E-state index in [9.17, 15) is 19.3 Å². The summed E-state index contributed by atoms with van der Waals surface area (Å²) in [7, 11) is 0. The summed E-state index contributed by atoms with van der Waals surface area (Å²) >= 11 is 0. The van der Waals surface area contributed by atoms with E-state index in [4.69, 9.17) is 0 Å². The normalized spacial score (nSPS) is 19.1. The predicted octanol–water partition coefficient (Wildman–Crippen LogP) is 1.09. The lowest BCUT2D eigenvalue weighted by Crippen LogP contribution is -2.22. The number of hydrogen-bond acceptors (Lipinski definition) is 3. The second kappa shape index (κ2) is 3.76. The first-order valence-electron chi connectivity index (χ1n) is 4.56. The highest BCUT2D eigenvalue weighted by Crippen LogP contribution is 2.26. The molecule has 1 fully saturated rings.